The first-order chi connectivity index (χ1) is 1.41. The lowest BCUT2D eigenvalue weighted by atomic mass is 11.2. The Morgan fingerprint density at radius 3 is 1.75 bits per heavy atom. The Labute approximate surface area is 41.5 Å². The van der Waals surface area contributed by atoms with E-state index >= 15 is 0 Å². The molecule has 1 nitrogen and oxygen atoms in total. The van der Waals surface area contributed by atoms with Gasteiger partial charge in [0.15, 0.2) is 0 Å². The van der Waals surface area contributed by atoms with E-state index in [-0.39, 0.29) is 23.1 Å². The Morgan fingerprint density at radius 1 is 1.75 bits per heavy atom. The van der Waals surface area contributed by atoms with E-state index in [1.54, 1.807) is 0 Å². The quantitative estimate of drug-likeness (QED) is 0.308. The third-order valence-corrected chi connectivity index (χ3v) is 0. The Hall–Kier alpha value is 0.306. The van der Waals surface area contributed by atoms with E-state index < -0.39 is 0 Å². The lowest BCUT2D eigenvalue weighted by Gasteiger charge is -1.41. The van der Waals surface area contributed by atoms with Gasteiger partial charge in [0, 0.05) is 0 Å². The van der Waals surface area contributed by atoms with Crippen LogP contribution in [0, 0.1) is 0 Å². The van der Waals surface area contributed by atoms with Crippen molar-refractivity contribution in [2.24, 2.45) is 0 Å². The lowest BCUT2D eigenvalue weighted by Crippen LogP contribution is -1.25. The number of rotatable bonds is 0. The standard InChI is InChI=1S/C2H4O.Mg.2H/c1-2-3;;;/h2-3H,1H2;;;. The third kappa shape index (κ3) is 42.0. The number of hydrogen-bond acceptors (Lipinski definition) is 1. The zero-order valence-corrected chi connectivity index (χ0v) is 1.73. The van der Waals surface area contributed by atoms with Gasteiger partial charge in [-0.3, -0.25) is 0 Å². The second-order valence-corrected chi connectivity index (χ2v) is 0.183. The van der Waals surface area contributed by atoms with Crippen molar-refractivity contribution < 1.29 is 5.11 Å². The summed E-state index contributed by atoms with van der Waals surface area (Å²) in [7, 11) is 0. The molecular weight excluding hydrogens is 64.3 g/mol. The van der Waals surface area contributed by atoms with E-state index in [0.29, 0.717) is 0 Å². The van der Waals surface area contributed by atoms with E-state index in [9.17, 15) is 0 Å². The van der Waals surface area contributed by atoms with Crippen molar-refractivity contribution in [2.45, 2.75) is 0 Å². The number of aliphatic hydroxyl groups is 1. The molecule has 22 valence electrons. The molecule has 0 rings (SSSR count). The van der Waals surface area contributed by atoms with Crippen molar-refractivity contribution in [3.05, 3.63) is 12.8 Å². The monoisotopic (exact) mass is 70.0 g/mol. The largest absolute Gasteiger partial charge is 0.516 e. The molecule has 0 aliphatic rings. The molecule has 0 unspecified atom stereocenters. The first-order valence-electron chi connectivity index (χ1n) is 0.666. The molecule has 0 aromatic rings. The molecule has 0 aromatic carbocycles. The van der Waals surface area contributed by atoms with Crippen molar-refractivity contribution in [3.8, 4) is 0 Å². The normalized spacial score (nSPS) is 3.00. The van der Waals surface area contributed by atoms with Crippen LogP contribution < -0.4 is 0 Å². The first kappa shape index (κ1) is 8.85. The van der Waals surface area contributed by atoms with Crippen LogP contribution in [0.5, 0.6) is 0 Å². The topological polar surface area (TPSA) is 20.2 Å². The SMILES string of the molecule is C=CO.[MgH2]. The Bertz CT molecular complexity index is 13.5. The van der Waals surface area contributed by atoms with Crippen LogP contribution in [0.25, 0.3) is 0 Å². The van der Waals surface area contributed by atoms with E-state index in [4.69, 9.17) is 5.11 Å². The fraction of sp³-hybridized carbons (Fsp3) is 0. The Morgan fingerprint density at radius 2 is 1.75 bits per heavy atom. The molecule has 0 bridgehead atoms. The molecule has 0 radical (unpaired) electrons. The van der Waals surface area contributed by atoms with Gasteiger partial charge in [-0.1, -0.05) is 6.58 Å². The molecule has 4 heavy (non-hydrogen) atoms. The molecule has 0 amide bonds. The van der Waals surface area contributed by atoms with Gasteiger partial charge < -0.3 is 5.11 Å². The highest BCUT2D eigenvalue weighted by Gasteiger charge is 1.11. The van der Waals surface area contributed by atoms with Crippen LogP contribution in [0.2, 0.25) is 0 Å². The summed E-state index contributed by atoms with van der Waals surface area (Å²) in [5.74, 6) is 0. The third-order valence-electron chi connectivity index (χ3n) is 0. The molecule has 1 N–H and O–H groups in total. The van der Waals surface area contributed by atoms with Crippen molar-refractivity contribution in [3.63, 3.8) is 0 Å². The van der Waals surface area contributed by atoms with Gasteiger partial charge in [-0.05, 0) is 0 Å². The van der Waals surface area contributed by atoms with Gasteiger partial charge in [-0.15, -0.1) is 0 Å². The lowest BCUT2D eigenvalue weighted by molar-refractivity contribution is 0.476. The van der Waals surface area contributed by atoms with Crippen LogP contribution >= 0.6 is 0 Å². The van der Waals surface area contributed by atoms with Gasteiger partial charge in [-0.25, -0.2) is 0 Å². The minimum atomic E-state index is 0. The fourth-order valence-corrected chi connectivity index (χ4v) is 0. The van der Waals surface area contributed by atoms with Gasteiger partial charge in [0.1, 0.15) is 0 Å². The minimum absolute atomic E-state index is 0. The van der Waals surface area contributed by atoms with Gasteiger partial charge >= 0.3 is 23.1 Å². The van der Waals surface area contributed by atoms with E-state index in [1.165, 1.54) is 0 Å². The van der Waals surface area contributed by atoms with Crippen molar-refractivity contribution >= 4 is 23.1 Å². The maximum Gasteiger partial charge on any atom is 0.316 e. The Balaban J connectivity index is 0. The van der Waals surface area contributed by atoms with Gasteiger partial charge in [0.25, 0.3) is 0 Å². The highest BCUT2D eigenvalue weighted by molar-refractivity contribution is 5.75. The molecule has 0 atom stereocenters. The van der Waals surface area contributed by atoms with Crippen LogP contribution in [-0.4, -0.2) is 28.2 Å². The summed E-state index contributed by atoms with van der Waals surface area (Å²) in [4.78, 5) is 0. The maximum absolute atomic E-state index is 7.33. The molecule has 0 saturated heterocycles. The van der Waals surface area contributed by atoms with Gasteiger partial charge in [-0.2, -0.15) is 0 Å². The first-order valence-corrected chi connectivity index (χ1v) is 0.666. The van der Waals surface area contributed by atoms with Crippen molar-refractivity contribution in [1.82, 2.24) is 0 Å². The molecule has 0 fully saturated rings. The fourth-order valence-electron chi connectivity index (χ4n) is 0. The average Bonchev–Trinajstić information content (AvgIpc) is 0.918. The van der Waals surface area contributed by atoms with Crippen molar-refractivity contribution in [1.29, 1.82) is 0 Å². The second-order valence-electron chi connectivity index (χ2n) is 0.183. The molecule has 0 saturated carbocycles. The van der Waals surface area contributed by atoms with Gasteiger partial charge in [0.05, 0.1) is 6.26 Å². The molecule has 2 heteroatoms. The highest BCUT2D eigenvalue weighted by atomic mass is 24.3. The summed E-state index contributed by atoms with van der Waals surface area (Å²) in [6, 6.07) is 0. The molecule has 0 spiro atoms. The smallest absolute Gasteiger partial charge is 0.316 e. The summed E-state index contributed by atoms with van der Waals surface area (Å²) in [5.41, 5.74) is 0. The summed E-state index contributed by atoms with van der Waals surface area (Å²) in [6.45, 7) is 2.92. The second kappa shape index (κ2) is 10.3. The van der Waals surface area contributed by atoms with E-state index in [0.717, 1.165) is 6.26 Å². The number of aliphatic hydroxyl groups excluding tert-OH is 1. The maximum atomic E-state index is 7.33. The zero-order chi connectivity index (χ0) is 2.71. The van der Waals surface area contributed by atoms with E-state index in [1.807, 2.05) is 0 Å². The molecule has 0 aliphatic carbocycles. The summed E-state index contributed by atoms with van der Waals surface area (Å²) in [6.07, 6.45) is 0.750. The summed E-state index contributed by atoms with van der Waals surface area (Å²) < 4.78 is 0. The predicted molar refractivity (Wildman–Crippen MR) is 21.4 cm³/mol. The van der Waals surface area contributed by atoms with Crippen LogP contribution in [0.3, 0.4) is 0 Å². The summed E-state index contributed by atoms with van der Waals surface area (Å²) >= 11 is 0. The van der Waals surface area contributed by atoms with Crippen LogP contribution in [0.4, 0.5) is 0 Å². The van der Waals surface area contributed by atoms with Crippen LogP contribution in [-0.2, 0) is 0 Å². The molecule has 0 aromatic heterocycles. The van der Waals surface area contributed by atoms with Crippen LogP contribution in [0.1, 0.15) is 0 Å². The molecule has 0 aliphatic heterocycles. The minimum Gasteiger partial charge on any atom is -0.516 e. The summed E-state index contributed by atoms with van der Waals surface area (Å²) in [5, 5.41) is 7.33. The average molecular weight is 70.4 g/mol. The zero-order valence-electron chi connectivity index (χ0n) is 1.73. The predicted octanol–water partition coefficient (Wildman–Crippen LogP) is -0.228. The van der Waals surface area contributed by atoms with Crippen LogP contribution in [0.15, 0.2) is 12.8 Å². The molecule has 0 heterocycles. The molecular formula is C2H6MgO. The van der Waals surface area contributed by atoms with E-state index in [2.05, 4.69) is 6.58 Å². The van der Waals surface area contributed by atoms with Crippen molar-refractivity contribution in [2.75, 3.05) is 0 Å². The highest BCUT2D eigenvalue weighted by Crippen LogP contribution is 1.26. The van der Waals surface area contributed by atoms with Gasteiger partial charge in [0.2, 0.25) is 0 Å². The number of hydrogen-bond donors (Lipinski definition) is 1. The Kier molecular flexibility index (Phi) is 22.8.